The first-order chi connectivity index (χ1) is 15.8. The number of carbonyl (C=O) groups excluding carboxylic acids is 1. The van der Waals surface area contributed by atoms with E-state index in [1.165, 1.54) is 27.1 Å². The molecule has 0 atom stereocenters. The van der Waals surface area contributed by atoms with Crippen LogP contribution >= 0.6 is 11.9 Å². The number of amides is 1. The van der Waals surface area contributed by atoms with Gasteiger partial charge in [0.1, 0.15) is 5.75 Å². The second-order valence-electron chi connectivity index (χ2n) is 9.00. The molecule has 0 saturated heterocycles. The number of nitrogens with one attached hydrogen (secondary N) is 1. The summed E-state index contributed by atoms with van der Waals surface area (Å²) in [5.74, 6) is 1.05. The van der Waals surface area contributed by atoms with E-state index in [-0.39, 0.29) is 5.91 Å². The molecule has 6 nitrogen and oxygen atoms in total. The minimum Gasteiger partial charge on any atom is -0.497 e. The molecule has 3 rings (SSSR count). The minimum atomic E-state index is 0.166. The summed E-state index contributed by atoms with van der Waals surface area (Å²) in [5, 5.41) is 3.48. The number of benzene rings is 2. The second-order valence-corrected chi connectivity index (χ2v) is 10.2. The van der Waals surface area contributed by atoms with Crippen LogP contribution in [0.1, 0.15) is 28.7 Å². The van der Waals surface area contributed by atoms with E-state index < -0.39 is 0 Å². The Balaban J connectivity index is 1.41. The number of ether oxygens (including phenoxy) is 1. The monoisotopic (exact) mass is 470 g/mol. The molecular formula is C26H38N4O2S. The molecular weight excluding hydrogens is 432 g/mol. The molecule has 0 radical (unpaired) electrons. The number of rotatable bonds is 10. The Morgan fingerprint density at radius 1 is 1.12 bits per heavy atom. The smallest absolute Gasteiger partial charge is 0.223 e. The topological polar surface area (TPSA) is 48.1 Å². The van der Waals surface area contributed by atoms with Crippen LogP contribution in [0.15, 0.2) is 35.2 Å². The zero-order valence-electron chi connectivity index (χ0n) is 20.9. The molecule has 180 valence electrons. The number of fused-ring (bicyclic) bond motifs is 1. The minimum absolute atomic E-state index is 0.166. The zero-order chi connectivity index (χ0) is 24.0. The van der Waals surface area contributed by atoms with E-state index in [0.717, 1.165) is 37.5 Å². The highest BCUT2D eigenvalue weighted by Crippen LogP contribution is 2.31. The Morgan fingerprint density at radius 2 is 1.85 bits per heavy atom. The Labute approximate surface area is 203 Å². The van der Waals surface area contributed by atoms with Crippen molar-refractivity contribution in [2.24, 2.45) is 0 Å². The van der Waals surface area contributed by atoms with E-state index in [9.17, 15) is 4.79 Å². The van der Waals surface area contributed by atoms with Gasteiger partial charge in [-0.2, -0.15) is 0 Å². The van der Waals surface area contributed by atoms with Crippen molar-refractivity contribution in [2.45, 2.75) is 38.1 Å². The predicted octanol–water partition coefficient (Wildman–Crippen LogP) is 4.20. The van der Waals surface area contributed by atoms with Gasteiger partial charge in [0.2, 0.25) is 5.91 Å². The summed E-state index contributed by atoms with van der Waals surface area (Å²) in [6, 6.07) is 10.7. The van der Waals surface area contributed by atoms with Gasteiger partial charge in [-0.25, -0.2) is 4.31 Å². The summed E-state index contributed by atoms with van der Waals surface area (Å²) in [4.78, 5) is 18.0. The maximum Gasteiger partial charge on any atom is 0.223 e. The lowest BCUT2D eigenvalue weighted by Crippen LogP contribution is -2.33. The largest absolute Gasteiger partial charge is 0.497 e. The molecule has 0 bridgehead atoms. The number of methoxy groups -OCH3 is 1. The fourth-order valence-electron chi connectivity index (χ4n) is 4.12. The molecule has 33 heavy (non-hydrogen) atoms. The van der Waals surface area contributed by atoms with Gasteiger partial charge < -0.3 is 19.9 Å². The average Bonchev–Trinajstić information content (AvgIpc) is 2.79. The Kier molecular flexibility index (Phi) is 9.06. The summed E-state index contributed by atoms with van der Waals surface area (Å²) < 4.78 is 7.49. The van der Waals surface area contributed by atoms with Gasteiger partial charge in [-0.3, -0.25) is 4.79 Å². The number of carbonyl (C=O) groups is 1. The van der Waals surface area contributed by atoms with E-state index in [4.69, 9.17) is 4.74 Å². The molecule has 2 aromatic rings. The first kappa shape index (κ1) is 25.4. The number of nitrogens with zero attached hydrogens (tertiary/aromatic N) is 3. The van der Waals surface area contributed by atoms with E-state index in [1.54, 1.807) is 19.1 Å². The van der Waals surface area contributed by atoms with E-state index in [1.807, 2.05) is 19.0 Å². The van der Waals surface area contributed by atoms with Crippen molar-refractivity contribution in [3.63, 3.8) is 0 Å². The third kappa shape index (κ3) is 7.13. The zero-order valence-corrected chi connectivity index (χ0v) is 21.7. The highest BCUT2D eigenvalue weighted by atomic mass is 32.2. The summed E-state index contributed by atoms with van der Waals surface area (Å²) in [6.45, 7) is 8.44. The number of aryl methyl sites for hydroxylation is 2. The Morgan fingerprint density at radius 3 is 2.55 bits per heavy atom. The van der Waals surface area contributed by atoms with Gasteiger partial charge in [-0.15, -0.1) is 0 Å². The van der Waals surface area contributed by atoms with Crippen molar-refractivity contribution in [3.05, 3.63) is 52.6 Å². The summed E-state index contributed by atoms with van der Waals surface area (Å²) in [5.41, 5.74) is 6.36. The highest BCUT2D eigenvalue weighted by molar-refractivity contribution is 7.97. The summed E-state index contributed by atoms with van der Waals surface area (Å²) in [6.07, 6.45) is 1.62. The number of likely N-dealkylation sites (N-methyl/N-ethyl adjacent to an activating group) is 2. The second kappa shape index (κ2) is 11.8. The van der Waals surface area contributed by atoms with Crippen molar-refractivity contribution >= 4 is 23.5 Å². The average molecular weight is 471 g/mol. The molecule has 1 amide bonds. The first-order valence-corrected chi connectivity index (χ1v) is 12.4. The quantitative estimate of drug-likeness (QED) is 0.525. The van der Waals surface area contributed by atoms with Gasteiger partial charge >= 0.3 is 0 Å². The molecule has 2 aromatic carbocycles. The molecule has 1 heterocycles. The van der Waals surface area contributed by atoms with Crippen molar-refractivity contribution in [1.29, 1.82) is 0 Å². The molecule has 0 unspecified atom stereocenters. The number of hydrogen-bond acceptors (Lipinski definition) is 6. The number of hydrogen-bond donors (Lipinski definition) is 1. The lowest BCUT2D eigenvalue weighted by atomic mass is 9.99. The van der Waals surface area contributed by atoms with E-state index >= 15 is 0 Å². The van der Waals surface area contributed by atoms with Gasteiger partial charge in [0.15, 0.2) is 0 Å². The van der Waals surface area contributed by atoms with Crippen molar-refractivity contribution in [2.75, 3.05) is 59.7 Å². The van der Waals surface area contributed by atoms with Gasteiger partial charge in [0.25, 0.3) is 0 Å². The van der Waals surface area contributed by atoms with Crippen LogP contribution in [0, 0.1) is 13.8 Å². The van der Waals surface area contributed by atoms with Crippen LogP contribution in [0.2, 0.25) is 0 Å². The molecule has 0 spiro atoms. The van der Waals surface area contributed by atoms with Crippen LogP contribution in [0.4, 0.5) is 5.69 Å². The van der Waals surface area contributed by atoms with Crippen LogP contribution in [-0.2, 0) is 17.8 Å². The van der Waals surface area contributed by atoms with Gasteiger partial charge in [-0.05, 0) is 92.8 Å². The molecule has 7 heteroatoms. The number of anilines is 1. The highest BCUT2D eigenvalue weighted by Gasteiger charge is 2.15. The van der Waals surface area contributed by atoms with E-state index in [0.29, 0.717) is 19.5 Å². The van der Waals surface area contributed by atoms with Crippen molar-refractivity contribution < 1.29 is 9.53 Å². The SMILES string of the molecule is COc1cc(C)c(SN(C)CCC(=O)N(C)CCNc2ccc3c(c2)CN(C)CC3)c(C)c1. The maximum absolute atomic E-state index is 12.6. The summed E-state index contributed by atoms with van der Waals surface area (Å²) in [7, 11) is 7.78. The van der Waals surface area contributed by atoms with Gasteiger partial charge in [-0.1, -0.05) is 6.07 Å². The summed E-state index contributed by atoms with van der Waals surface area (Å²) >= 11 is 1.69. The standard InChI is InChI=1S/C26H38N4O2S/c1-19-15-24(32-6)16-20(2)26(19)33-30(5)13-10-25(31)29(4)14-11-27-23-8-7-21-9-12-28(3)18-22(21)17-23/h7-8,15-17,27H,9-14,18H2,1-6H3. The molecule has 0 saturated carbocycles. The predicted molar refractivity (Wildman–Crippen MR) is 138 cm³/mol. The third-order valence-corrected chi connectivity index (χ3v) is 7.49. The molecule has 0 fully saturated rings. The first-order valence-electron chi connectivity index (χ1n) is 11.6. The Bertz CT molecular complexity index is 942. The van der Waals surface area contributed by atoms with Crippen LogP contribution in [0.5, 0.6) is 5.75 Å². The lowest BCUT2D eigenvalue weighted by molar-refractivity contribution is -0.129. The van der Waals surface area contributed by atoms with Crippen LogP contribution in [-0.4, -0.2) is 74.4 Å². The fourth-order valence-corrected chi connectivity index (χ4v) is 5.02. The molecule has 1 aliphatic rings. The Hall–Kier alpha value is -2.22. The lowest BCUT2D eigenvalue weighted by Gasteiger charge is -2.25. The fraction of sp³-hybridized carbons (Fsp3) is 0.500. The van der Waals surface area contributed by atoms with E-state index in [2.05, 4.69) is 65.7 Å². The van der Waals surface area contributed by atoms with Crippen molar-refractivity contribution in [3.8, 4) is 5.75 Å². The molecule has 1 N–H and O–H groups in total. The van der Waals surface area contributed by atoms with Gasteiger partial charge in [0.05, 0.1) is 7.11 Å². The molecule has 0 aromatic heterocycles. The normalized spacial score (nSPS) is 13.7. The van der Waals surface area contributed by atoms with Gasteiger partial charge in [0, 0.05) is 56.8 Å². The maximum atomic E-state index is 12.6. The third-order valence-electron chi connectivity index (χ3n) is 6.17. The van der Waals surface area contributed by atoms with Crippen LogP contribution in [0.25, 0.3) is 0 Å². The van der Waals surface area contributed by atoms with Crippen LogP contribution in [0.3, 0.4) is 0 Å². The molecule has 1 aliphatic heterocycles. The molecule has 0 aliphatic carbocycles. The van der Waals surface area contributed by atoms with Crippen molar-refractivity contribution in [1.82, 2.24) is 14.1 Å². The van der Waals surface area contributed by atoms with Crippen LogP contribution < -0.4 is 10.1 Å².